The Bertz CT molecular complexity index is 795. The van der Waals surface area contributed by atoms with Crippen LogP contribution in [0.4, 0.5) is 0 Å². The molecule has 2 aromatic heterocycles. The molecule has 1 aliphatic heterocycles. The van der Waals surface area contributed by atoms with Gasteiger partial charge < -0.3 is 10.3 Å². The Hall–Kier alpha value is -2.13. The third-order valence-electron chi connectivity index (χ3n) is 4.94. The van der Waals surface area contributed by atoms with Crippen LogP contribution in [0.1, 0.15) is 41.1 Å². The van der Waals surface area contributed by atoms with Crippen molar-refractivity contribution in [2.75, 3.05) is 13.1 Å². The van der Waals surface area contributed by atoms with Gasteiger partial charge in [-0.15, -0.1) is 0 Å². The number of fused-ring (bicyclic) bond motifs is 1. The summed E-state index contributed by atoms with van der Waals surface area (Å²) in [6.07, 6.45) is 7.63. The Labute approximate surface area is 137 Å². The third kappa shape index (κ3) is 3.02. The summed E-state index contributed by atoms with van der Waals surface area (Å²) in [5, 5.41) is 4.85. The van der Waals surface area contributed by atoms with Crippen molar-refractivity contribution in [3.63, 3.8) is 0 Å². The maximum absolute atomic E-state index is 4.41. The number of H-pyrrole nitrogens is 1. The molecule has 0 aliphatic carbocycles. The predicted molar refractivity (Wildman–Crippen MR) is 94.9 cm³/mol. The van der Waals surface area contributed by atoms with Gasteiger partial charge in [-0.25, -0.2) is 0 Å². The van der Waals surface area contributed by atoms with E-state index in [0.717, 1.165) is 25.2 Å². The molecule has 2 N–H and O–H groups in total. The lowest BCUT2D eigenvalue weighted by Crippen LogP contribution is -2.26. The van der Waals surface area contributed by atoms with Crippen LogP contribution in [0.3, 0.4) is 0 Å². The van der Waals surface area contributed by atoms with Crippen molar-refractivity contribution in [3.8, 4) is 0 Å². The van der Waals surface area contributed by atoms with E-state index in [2.05, 4.69) is 51.8 Å². The maximum Gasteiger partial charge on any atom is 0.0457 e. The van der Waals surface area contributed by atoms with Gasteiger partial charge in [-0.3, -0.25) is 4.98 Å². The normalized spacial score (nSPS) is 16.0. The molecule has 3 heteroatoms. The fourth-order valence-corrected chi connectivity index (χ4v) is 3.61. The molecule has 118 valence electrons. The van der Waals surface area contributed by atoms with E-state index in [1.54, 1.807) is 0 Å². The van der Waals surface area contributed by atoms with Gasteiger partial charge in [0.25, 0.3) is 0 Å². The fraction of sp³-hybridized carbons (Fsp3) is 0.350. The summed E-state index contributed by atoms with van der Waals surface area (Å²) in [6, 6.07) is 11.1. The number of nitrogens with zero attached hydrogens (tertiary/aromatic N) is 1. The van der Waals surface area contributed by atoms with Gasteiger partial charge in [-0.1, -0.05) is 12.1 Å². The summed E-state index contributed by atoms with van der Waals surface area (Å²) in [4.78, 5) is 7.86. The van der Waals surface area contributed by atoms with Crippen molar-refractivity contribution < 1.29 is 0 Å². The molecule has 3 heterocycles. The zero-order chi connectivity index (χ0) is 15.6. The molecule has 0 spiro atoms. The Morgan fingerprint density at radius 3 is 2.70 bits per heavy atom. The summed E-state index contributed by atoms with van der Waals surface area (Å²) in [5.41, 5.74) is 6.45. The molecular weight excluding hydrogens is 282 g/mol. The number of aryl methyl sites for hydroxylation is 1. The highest BCUT2D eigenvalue weighted by molar-refractivity contribution is 5.84. The first kappa shape index (κ1) is 14.5. The number of rotatable bonds is 3. The van der Waals surface area contributed by atoms with Gasteiger partial charge in [0.05, 0.1) is 0 Å². The molecule has 4 rings (SSSR count). The fourth-order valence-electron chi connectivity index (χ4n) is 3.61. The van der Waals surface area contributed by atoms with Crippen molar-refractivity contribution in [3.05, 3.63) is 65.1 Å². The van der Waals surface area contributed by atoms with Gasteiger partial charge in [-0.05, 0) is 80.1 Å². The number of pyridine rings is 1. The molecule has 0 atom stereocenters. The summed E-state index contributed by atoms with van der Waals surface area (Å²) < 4.78 is 0. The van der Waals surface area contributed by atoms with E-state index in [-0.39, 0.29) is 0 Å². The van der Waals surface area contributed by atoms with Crippen LogP contribution in [0.15, 0.2) is 42.7 Å². The van der Waals surface area contributed by atoms with Gasteiger partial charge >= 0.3 is 0 Å². The molecule has 0 radical (unpaired) electrons. The lowest BCUT2D eigenvalue weighted by Gasteiger charge is -2.22. The molecule has 1 aliphatic rings. The van der Waals surface area contributed by atoms with E-state index < -0.39 is 0 Å². The molecule has 3 nitrogen and oxygen atoms in total. The molecule has 23 heavy (non-hydrogen) atoms. The minimum atomic E-state index is 0.682. The Morgan fingerprint density at radius 1 is 1.09 bits per heavy atom. The van der Waals surface area contributed by atoms with Gasteiger partial charge in [0.1, 0.15) is 0 Å². The molecule has 0 saturated carbocycles. The van der Waals surface area contributed by atoms with Gasteiger partial charge in [-0.2, -0.15) is 0 Å². The van der Waals surface area contributed by atoms with E-state index in [0.29, 0.717) is 5.92 Å². The lowest BCUT2D eigenvalue weighted by atomic mass is 9.89. The number of benzene rings is 1. The Kier molecular flexibility index (Phi) is 3.88. The first-order valence-electron chi connectivity index (χ1n) is 8.52. The van der Waals surface area contributed by atoms with Crippen molar-refractivity contribution in [1.82, 2.24) is 15.3 Å². The topological polar surface area (TPSA) is 40.7 Å². The number of hydrogen-bond acceptors (Lipinski definition) is 2. The minimum absolute atomic E-state index is 0.682. The van der Waals surface area contributed by atoms with Gasteiger partial charge in [0.15, 0.2) is 0 Å². The van der Waals surface area contributed by atoms with Crippen molar-refractivity contribution >= 4 is 10.9 Å². The van der Waals surface area contributed by atoms with Crippen LogP contribution in [0.25, 0.3) is 10.9 Å². The van der Waals surface area contributed by atoms with Crippen LogP contribution >= 0.6 is 0 Å². The summed E-state index contributed by atoms with van der Waals surface area (Å²) in [6.45, 7) is 4.29. The molecule has 0 amide bonds. The Balaban J connectivity index is 1.64. The van der Waals surface area contributed by atoms with Crippen LogP contribution in [0.2, 0.25) is 0 Å². The van der Waals surface area contributed by atoms with Crippen LogP contribution in [0.5, 0.6) is 0 Å². The number of aromatic amines is 1. The number of hydrogen-bond donors (Lipinski definition) is 2. The van der Waals surface area contributed by atoms with Crippen LogP contribution in [0, 0.1) is 6.92 Å². The highest BCUT2D eigenvalue weighted by Crippen LogP contribution is 2.32. The molecule has 3 aromatic rings. The van der Waals surface area contributed by atoms with Crippen LogP contribution in [-0.4, -0.2) is 23.1 Å². The second-order valence-corrected chi connectivity index (χ2v) is 6.63. The highest BCUT2D eigenvalue weighted by Gasteiger charge is 2.18. The zero-order valence-electron chi connectivity index (χ0n) is 13.6. The van der Waals surface area contributed by atoms with E-state index in [1.807, 2.05) is 13.1 Å². The van der Waals surface area contributed by atoms with E-state index >= 15 is 0 Å². The lowest BCUT2D eigenvalue weighted by molar-refractivity contribution is 0.462. The van der Waals surface area contributed by atoms with E-state index in [1.165, 1.54) is 40.4 Å². The zero-order valence-corrected chi connectivity index (χ0v) is 13.6. The predicted octanol–water partition coefficient (Wildman–Crippen LogP) is 3.93. The Morgan fingerprint density at radius 2 is 1.91 bits per heavy atom. The summed E-state index contributed by atoms with van der Waals surface area (Å²) >= 11 is 0. The SMILES string of the molecule is Cc1ccc(Cc2ccc3[nH]cc(C4CCNCC4)c3c2)cn1. The number of nitrogens with one attached hydrogen (secondary N) is 2. The quantitative estimate of drug-likeness (QED) is 0.770. The van der Waals surface area contributed by atoms with E-state index in [4.69, 9.17) is 0 Å². The molecule has 1 aromatic carbocycles. The average Bonchev–Trinajstić information content (AvgIpc) is 3.01. The third-order valence-corrected chi connectivity index (χ3v) is 4.94. The molecule has 0 bridgehead atoms. The first-order chi connectivity index (χ1) is 11.3. The molecule has 0 unspecified atom stereocenters. The van der Waals surface area contributed by atoms with Gasteiger partial charge in [0, 0.05) is 29.0 Å². The van der Waals surface area contributed by atoms with Crippen molar-refractivity contribution in [1.29, 1.82) is 0 Å². The monoisotopic (exact) mass is 305 g/mol. The molecule has 1 fully saturated rings. The number of aromatic nitrogens is 2. The van der Waals surface area contributed by atoms with E-state index in [9.17, 15) is 0 Å². The largest absolute Gasteiger partial charge is 0.361 e. The van der Waals surface area contributed by atoms with Crippen LogP contribution < -0.4 is 5.32 Å². The number of piperidine rings is 1. The summed E-state index contributed by atoms with van der Waals surface area (Å²) in [7, 11) is 0. The van der Waals surface area contributed by atoms with Crippen LogP contribution in [-0.2, 0) is 6.42 Å². The van der Waals surface area contributed by atoms with Crippen molar-refractivity contribution in [2.24, 2.45) is 0 Å². The van der Waals surface area contributed by atoms with Gasteiger partial charge in [0.2, 0.25) is 0 Å². The average molecular weight is 305 g/mol. The molecule has 1 saturated heterocycles. The second-order valence-electron chi connectivity index (χ2n) is 6.63. The highest BCUT2D eigenvalue weighted by atomic mass is 14.9. The minimum Gasteiger partial charge on any atom is -0.361 e. The second kappa shape index (κ2) is 6.17. The summed E-state index contributed by atoms with van der Waals surface area (Å²) in [5.74, 6) is 0.682. The molecular formula is C20H23N3. The first-order valence-corrected chi connectivity index (χ1v) is 8.52. The van der Waals surface area contributed by atoms with Crippen molar-refractivity contribution in [2.45, 2.75) is 32.1 Å². The standard InChI is InChI=1S/C20H23N3/c1-14-2-3-16(12-22-14)10-15-4-5-20-18(11-15)19(13-23-20)17-6-8-21-9-7-17/h2-5,11-13,17,21,23H,6-10H2,1H3. The smallest absolute Gasteiger partial charge is 0.0457 e. The maximum atomic E-state index is 4.41.